The van der Waals surface area contributed by atoms with Crippen LogP contribution >= 0.6 is 23.1 Å². The van der Waals surface area contributed by atoms with Gasteiger partial charge in [-0.15, -0.1) is 11.3 Å². The highest BCUT2D eigenvalue weighted by atomic mass is 32.2. The zero-order valence-electron chi connectivity index (χ0n) is 17.6. The molecule has 1 amide bonds. The lowest BCUT2D eigenvalue weighted by Crippen LogP contribution is -2.15. The van der Waals surface area contributed by atoms with Crippen LogP contribution in [0.3, 0.4) is 0 Å². The molecule has 3 aromatic carbocycles. The average molecular weight is 490 g/mol. The second-order valence-corrected chi connectivity index (χ2v) is 9.80. The van der Waals surface area contributed by atoms with Crippen molar-refractivity contribution in [2.24, 2.45) is 0 Å². The van der Waals surface area contributed by atoms with Gasteiger partial charge in [-0.2, -0.15) is 0 Å². The number of amides is 1. The number of non-ortho nitro benzene ring substituents is 1. The van der Waals surface area contributed by atoms with Crippen molar-refractivity contribution in [3.8, 4) is 0 Å². The smallest absolute Gasteiger partial charge is 0.291 e. The second-order valence-electron chi connectivity index (χ2n) is 7.45. The minimum atomic E-state index is -0.684. The van der Waals surface area contributed by atoms with Gasteiger partial charge in [-0.1, -0.05) is 35.5 Å². The number of carbonyl (C=O) groups excluding carboxylic acids is 1. The lowest BCUT2D eigenvalue weighted by molar-refractivity contribution is -0.385. The summed E-state index contributed by atoms with van der Waals surface area (Å²) in [4.78, 5) is 41.3. The van der Waals surface area contributed by atoms with Gasteiger partial charge in [0, 0.05) is 28.8 Å². The van der Waals surface area contributed by atoms with Crippen LogP contribution in [0, 0.1) is 17.0 Å². The number of nitro benzene ring substituents is 1. The quantitative estimate of drug-likeness (QED) is 0.237. The molecule has 0 fully saturated rings. The minimum Gasteiger partial charge on any atom is -0.451 e. The molecule has 168 valence electrons. The summed E-state index contributed by atoms with van der Waals surface area (Å²) < 4.78 is 7.33. The van der Waals surface area contributed by atoms with Crippen LogP contribution in [0.2, 0.25) is 0 Å². The summed E-state index contributed by atoms with van der Waals surface area (Å²) in [5.41, 5.74) is 1.70. The van der Waals surface area contributed by atoms with E-state index in [1.807, 2.05) is 31.2 Å². The molecule has 5 aromatic rings. The van der Waals surface area contributed by atoms with Crippen molar-refractivity contribution < 1.29 is 14.1 Å². The number of aryl methyl sites for hydroxylation is 1. The van der Waals surface area contributed by atoms with E-state index in [-0.39, 0.29) is 28.1 Å². The molecule has 0 aliphatic heterocycles. The van der Waals surface area contributed by atoms with E-state index in [4.69, 9.17) is 4.42 Å². The van der Waals surface area contributed by atoms with Crippen molar-refractivity contribution in [1.82, 2.24) is 4.98 Å². The van der Waals surface area contributed by atoms with Crippen LogP contribution in [0.5, 0.6) is 0 Å². The summed E-state index contributed by atoms with van der Waals surface area (Å²) in [5, 5.41) is 14.5. The molecule has 0 bridgehead atoms. The largest absolute Gasteiger partial charge is 0.451 e. The summed E-state index contributed by atoms with van der Waals surface area (Å²) >= 11 is 2.74. The van der Waals surface area contributed by atoms with Gasteiger partial charge >= 0.3 is 0 Å². The van der Waals surface area contributed by atoms with Gasteiger partial charge in [0.15, 0.2) is 15.5 Å². The Labute approximate surface area is 200 Å². The van der Waals surface area contributed by atoms with Crippen LogP contribution in [0.4, 0.5) is 11.4 Å². The summed E-state index contributed by atoms with van der Waals surface area (Å²) in [6.07, 6.45) is 0. The lowest BCUT2D eigenvalue weighted by Gasteiger charge is -2.08. The van der Waals surface area contributed by atoms with Gasteiger partial charge in [0.25, 0.3) is 11.6 Å². The molecule has 8 nitrogen and oxygen atoms in total. The first-order chi connectivity index (χ1) is 16.4. The van der Waals surface area contributed by atoms with Crippen molar-refractivity contribution >= 4 is 61.6 Å². The van der Waals surface area contributed by atoms with Gasteiger partial charge in [-0.25, -0.2) is 4.98 Å². The van der Waals surface area contributed by atoms with Crippen LogP contribution in [-0.4, -0.2) is 15.8 Å². The molecule has 0 saturated carbocycles. The normalized spacial score (nSPS) is 11.1. The summed E-state index contributed by atoms with van der Waals surface area (Å²) in [6.45, 7) is 1.85. The third-order valence-electron chi connectivity index (χ3n) is 4.95. The number of nitrogens with one attached hydrogen (secondary N) is 1. The molecule has 34 heavy (non-hydrogen) atoms. The predicted molar refractivity (Wildman–Crippen MR) is 132 cm³/mol. The van der Waals surface area contributed by atoms with E-state index >= 15 is 0 Å². The van der Waals surface area contributed by atoms with E-state index in [1.54, 1.807) is 24.3 Å². The molecular formula is C24H15N3O5S2. The van der Waals surface area contributed by atoms with Gasteiger partial charge in [-0.05, 0) is 37.3 Å². The van der Waals surface area contributed by atoms with Crippen LogP contribution in [-0.2, 0) is 0 Å². The first kappa shape index (κ1) is 21.8. The number of hydrogen-bond donors (Lipinski definition) is 1. The lowest BCUT2D eigenvalue weighted by atomic mass is 10.1. The van der Waals surface area contributed by atoms with Gasteiger partial charge < -0.3 is 9.73 Å². The summed E-state index contributed by atoms with van der Waals surface area (Å²) in [7, 11) is 0. The van der Waals surface area contributed by atoms with Gasteiger partial charge in [0.05, 0.1) is 20.5 Å². The molecule has 0 unspecified atom stereocenters. The molecule has 0 saturated heterocycles. The Kier molecular flexibility index (Phi) is 5.60. The van der Waals surface area contributed by atoms with Crippen molar-refractivity contribution in [3.05, 3.63) is 98.4 Å². The number of benzene rings is 3. The monoisotopic (exact) mass is 489 g/mol. The topological polar surface area (TPSA) is 115 Å². The molecule has 0 aliphatic carbocycles. The van der Waals surface area contributed by atoms with Gasteiger partial charge in [-0.3, -0.25) is 19.7 Å². The fourth-order valence-electron chi connectivity index (χ4n) is 3.39. The first-order valence-electron chi connectivity index (χ1n) is 10.0. The Bertz CT molecular complexity index is 1630. The number of rotatable bonds is 5. The molecule has 0 spiro atoms. The third kappa shape index (κ3) is 4.41. The number of anilines is 1. The number of carbonyl (C=O) groups is 1. The third-order valence-corrected chi connectivity index (χ3v) is 7.01. The fraction of sp³-hybridized carbons (Fsp3) is 0.0417. The predicted octanol–water partition coefficient (Wildman–Crippen LogP) is 6.02. The standard InChI is InChI=1S/C24H15N3O5S2/c1-13-6-7-20-17(8-13)19(28)12-21(32-20)23(29)25-14-9-15(27(30)31)11-16(10-14)33-24-26-18-4-2-3-5-22(18)34-24/h2-12H,1H3,(H,25,29). The fourth-order valence-corrected chi connectivity index (χ4v) is 5.52. The summed E-state index contributed by atoms with van der Waals surface area (Å²) in [5.74, 6) is -0.871. The van der Waals surface area contributed by atoms with Gasteiger partial charge in [0.1, 0.15) is 5.58 Å². The Morgan fingerprint density at radius 3 is 2.74 bits per heavy atom. The summed E-state index contributed by atoms with van der Waals surface area (Å²) in [6, 6.07) is 18.2. The highest BCUT2D eigenvalue weighted by Gasteiger charge is 2.17. The zero-order chi connectivity index (χ0) is 23.8. The number of fused-ring (bicyclic) bond motifs is 2. The minimum absolute atomic E-state index is 0.183. The first-order valence-corrected chi connectivity index (χ1v) is 11.7. The van der Waals surface area contributed by atoms with E-state index in [9.17, 15) is 19.7 Å². The number of hydrogen-bond acceptors (Lipinski definition) is 8. The highest BCUT2D eigenvalue weighted by molar-refractivity contribution is 8.01. The van der Waals surface area contributed by atoms with Crippen molar-refractivity contribution in [2.45, 2.75) is 16.2 Å². The van der Waals surface area contributed by atoms with Crippen LogP contribution < -0.4 is 10.7 Å². The molecule has 5 rings (SSSR count). The number of nitrogens with zero attached hydrogens (tertiary/aromatic N) is 2. The number of aromatic nitrogens is 1. The molecule has 2 aromatic heterocycles. The zero-order valence-corrected chi connectivity index (χ0v) is 19.2. The van der Waals surface area contributed by atoms with E-state index in [2.05, 4.69) is 10.3 Å². The Balaban J connectivity index is 1.46. The maximum absolute atomic E-state index is 12.8. The second kappa shape index (κ2) is 8.73. The molecule has 2 heterocycles. The number of nitro groups is 1. The molecule has 0 radical (unpaired) electrons. The van der Waals surface area contributed by atoms with E-state index in [0.29, 0.717) is 10.3 Å². The maximum Gasteiger partial charge on any atom is 0.291 e. The van der Waals surface area contributed by atoms with Crippen molar-refractivity contribution in [1.29, 1.82) is 0 Å². The average Bonchev–Trinajstić information content (AvgIpc) is 3.21. The number of para-hydroxylation sites is 1. The SMILES string of the molecule is Cc1ccc2oc(C(=O)Nc3cc(Sc4nc5ccccc5s4)cc([N+](=O)[O-])c3)cc(=O)c2c1. The molecule has 0 atom stereocenters. The molecule has 1 N–H and O–H groups in total. The highest BCUT2D eigenvalue weighted by Crippen LogP contribution is 2.37. The molecule has 10 heteroatoms. The van der Waals surface area contributed by atoms with Crippen LogP contribution in [0.15, 0.2) is 85.2 Å². The van der Waals surface area contributed by atoms with E-state index in [0.717, 1.165) is 26.2 Å². The van der Waals surface area contributed by atoms with Crippen molar-refractivity contribution in [2.75, 3.05) is 5.32 Å². The molecular weight excluding hydrogens is 474 g/mol. The van der Waals surface area contributed by atoms with Crippen LogP contribution in [0.25, 0.3) is 21.2 Å². The van der Waals surface area contributed by atoms with Crippen molar-refractivity contribution in [3.63, 3.8) is 0 Å². The molecule has 0 aliphatic rings. The number of thiazole rings is 1. The Hall–Kier alpha value is -4.02. The Morgan fingerprint density at radius 1 is 1.12 bits per heavy atom. The van der Waals surface area contributed by atoms with E-state index in [1.165, 1.54) is 35.2 Å². The van der Waals surface area contributed by atoms with Crippen LogP contribution in [0.1, 0.15) is 16.1 Å². The van der Waals surface area contributed by atoms with E-state index < -0.39 is 10.8 Å². The van der Waals surface area contributed by atoms with Gasteiger partial charge in [0.2, 0.25) is 0 Å². The Morgan fingerprint density at radius 2 is 1.94 bits per heavy atom. The maximum atomic E-state index is 12.8.